The lowest BCUT2D eigenvalue weighted by Crippen LogP contribution is -2.04. The maximum absolute atomic E-state index is 5.66. The molecule has 0 saturated carbocycles. The van der Waals surface area contributed by atoms with Crippen molar-refractivity contribution in [3.63, 3.8) is 0 Å². The molecule has 0 heterocycles. The van der Waals surface area contributed by atoms with Gasteiger partial charge < -0.3 is 4.74 Å². The third kappa shape index (κ3) is 3.18. The molecule has 0 unspecified atom stereocenters. The number of aryl methyl sites for hydroxylation is 1. The Balaban J connectivity index is 3.11. The van der Waals surface area contributed by atoms with Gasteiger partial charge in [0.15, 0.2) is 0 Å². The lowest BCUT2D eigenvalue weighted by Gasteiger charge is -2.17. The number of hydrogen-bond donors (Lipinski definition) is 0. The highest BCUT2D eigenvalue weighted by molar-refractivity contribution is 14.1. The van der Waals surface area contributed by atoms with Crippen LogP contribution in [0.4, 0.5) is 0 Å². The van der Waals surface area contributed by atoms with Gasteiger partial charge in [-0.15, -0.1) is 0 Å². The van der Waals surface area contributed by atoms with Crippen LogP contribution in [0.2, 0.25) is 0 Å². The van der Waals surface area contributed by atoms with Gasteiger partial charge in [0, 0.05) is 11.0 Å². The Morgan fingerprint density at radius 1 is 1.33 bits per heavy atom. The van der Waals surface area contributed by atoms with Crippen LogP contribution in [-0.4, -0.2) is 6.61 Å². The molecular weight excluding hydrogens is 299 g/mol. The molecule has 1 aromatic carbocycles. The summed E-state index contributed by atoms with van der Waals surface area (Å²) in [6, 6.07) is 4.51. The number of halogens is 1. The molecule has 0 aliphatic heterocycles. The molecule has 0 spiro atoms. The van der Waals surface area contributed by atoms with Gasteiger partial charge in [-0.05, 0) is 44.4 Å². The van der Waals surface area contributed by atoms with Gasteiger partial charge >= 0.3 is 0 Å². The van der Waals surface area contributed by atoms with Crippen molar-refractivity contribution in [3.05, 3.63) is 34.4 Å². The lowest BCUT2D eigenvalue weighted by atomic mass is 9.97. The van der Waals surface area contributed by atoms with Gasteiger partial charge in [-0.25, -0.2) is 0 Å². The van der Waals surface area contributed by atoms with Crippen molar-refractivity contribution in [1.29, 1.82) is 0 Å². The molecule has 1 aromatic rings. The summed E-state index contributed by atoms with van der Waals surface area (Å²) in [7, 11) is 0. The van der Waals surface area contributed by atoms with Gasteiger partial charge in [0.25, 0.3) is 0 Å². The van der Waals surface area contributed by atoms with E-state index in [0.29, 0.717) is 0 Å². The van der Waals surface area contributed by atoms with E-state index in [4.69, 9.17) is 4.74 Å². The van der Waals surface area contributed by atoms with E-state index in [2.05, 4.69) is 55.5 Å². The minimum Gasteiger partial charge on any atom is -0.374 e. The molecule has 0 aliphatic rings. The average molecular weight is 318 g/mol. The van der Waals surface area contributed by atoms with Crippen molar-refractivity contribution >= 4 is 22.6 Å². The second-order valence-electron chi connectivity index (χ2n) is 3.87. The molecule has 84 valence electrons. The van der Waals surface area contributed by atoms with Crippen LogP contribution in [0.3, 0.4) is 0 Å². The van der Waals surface area contributed by atoms with Crippen LogP contribution in [0.25, 0.3) is 0 Å². The number of hydrogen-bond acceptors (Lipinski definition) is 1. The van der Waals surface area contributed by atoms with Gasteiger partial charge in [0.1, 0.15) is 0 Å². The Labute approximate surface area is 106 Å². The number of ether oxygens (including phenoxy) is 1. The summed E-state index contributed by atoms with van der Waals surface area (Å²) in [5.41, 5.74) is 5.48. The fourth-order valence-corrected chi connectivity index (χ4v) is 2.66. The zero-order valence-corrected chi connectivity index (χ0v) is 12.1. The Morgan fingerprint density at radius 2 is 2.00 bits per heavy atom. The SMILES string of the molecule is CCO[C@@H](C)c1cc(C)cc(CI)c1C. The molecule has 0 amide bonds. The third-order valence-electron chi connectivity index (χ3n) is 2.70. The van der Waals surface area contributed by atoms with Crippen LogP contribution in [0.15, 0.2) is 12.1 Å². The van der Waals surface area contributed by atoms with E-state index in [-0.39, 0.29) is 6.10 Å². The van der Waals surface area contributed by atoms with Crippen molar-refractivity contribution in [2.24, 2.45) is 0 Å². The zero-order chi connectivity index (χ0) is 11.4. The van der Waals surface area contributed by atoms with Crippen molar-refractivity contribution in [2.45, 2.75) is 38.2 Å². The van der Waals surface area contributed by atoms with Gasteiger partial charge in [0.2, 0.25) is 0 Å². The minimum absolute atomic E-state index is 0.205. The largest absolute Gasteiger partial charge is 0.374 e. The Hall–Kier alpha value is -0.0900. The van der Waals surface area contributed by atoms with E-state index in [9.17, 15) is 0 Å². The Kier molecular flexibility index (Phi) is 5.06. The zero-order valence-electron chi connectivity index (χ0n) is 9.93. The summed E-state index contributed by atoms with van der Waals surface area (Å²) in [5.74, 6) is 0. The highest BCUT2D eigenvalue weighted by Gasteiger charge is 2.11. The van der Waals surface area contributed by atoms with Crippen molar-refractivity contribution in [3.8, 4) is 0 Å². The highest BCUT2D eigenvalue weighted by atomic mass is 127. The maximum atomic E-state index is 5.66. The van der Waals surface area contributed by atoms with Crippen LogP contribution in [0, 0.1) is 13.8 Å². The number of alkyl halides is 1. The highest BCUT2D eigenvalue weighted by Crippen LogP contribution is 2.26. The van der Waals surface area contributed by atoms with Gasteiger partial charge in [-0.1, -0.05) is 40.3 Å². The van der Waals surface area contributed by atoms with Crippen LogP contribution in [0.1, 0.15) is 42.2 Å². The first kappa shape index (κ1) is 13.0. The standard InChI is InChI=1S/C13H19IO/c1-5-15-11(4)13-7-9(2)6-12(8-14)10(13)3/h6-7,11H,5,8H2,1-4H3/t11-/m0/s1. The summed E-state index contributed by atoms with van der Waals surface area (Å²) in [4.78, 5) is 0. The Morgan fingerprint density at radius 3 is 2.53 bits per heavy atom. The molecule has 2 heteroatoms. The monoisotopic (exact) mass is 318 g/mol. The fraction of sp³-hybridized carbons (Fsp3) is 0.538. The first-order valence-electron chi connectivity index (χ1n) is 5.37. The lowest BCUT2D eigenvalue weighted by molar-refractivity contribution is 0.0759. The molecule has 0 aliphatic carbocycles. The molecule has 0 bridgehead atoms. The second-order valence-corrected chi connectivity index (χ2v) is 4.63. The van der Waals surface area contributed by atoms with E-state index in [1.807, 2.05) is 6.92 Å². The molecule has 0 radical (unpaired) electrons. The molecule has 0 aromatic heterocycles. The Bertz CT molecular complexity index is 334. The van der Waals surface area contributed by atoms with Crippen LogP contribution in [-0.2, 0) is 9.16 Å². The molecule has 0 N–H and O–H groups in total. The number of rotatable bonds is 4. The smallest absolute Gasteiger partial charge is 0.0799 e. The average Bonchev–Trinajstić information content (AvgIpc) is 2.21. The van der Waals surface area contributed by atoms with Gasteiger partial charge in [-0.3, -0.25) is 0 Å². The maximum Gasteiger partial charge on any atom is 0.0799 e. The summed E-state index contributed by atoms with van der Waals surface area (Å²) in [6.45, 7) is 9.28. The molecule has 15 heavy (non-hydrogen) atoms. The van der Waals surface area contributed by atoms with E-state index in [0.717, 1.165) is 11.0 Å². The molecule has 0 saturated heterocycles. The van der Waals surface area contributed by atoms with Crippen molar-refractivity contribution < 1.29 is 4.74 Å². The first-order chi connectivity index (χ1) is 7.10. The first-order valence-corrected chi connectivity index (χ1v) is 6.90. The quantitative estimate of drug-likeness (QED) is 0.593. The fourth-order valence-electron chi connectivity index (χ4n) is 1.86. The van der Waals surface area contributed by atoms with Crippen LogP contribution in [0.5, 0.6) is 0 Å². The van der Waals surface area contributed by atoms with Crippen molar-refractivity contribution in [1.82, 2.24) is 0 Å². The van der Waals surface area contributed by atoms with E-state index in [1.54, 1.807) is 0 Å². The van der Waals surface area contributed by atoms with Crippen LogP contribution >= 0.6 is 22.6 Å². The second kappa shape index (κ2) is 5.85. The normalized spacial score (nSPS) is 12.9. The van der Waals surface area contributed by atoms with Gasteiger partial charge in [-0.2, -0.15) is 0 Å². The van der Waals surface area contributed by atoms with Gasteiger partial charge in [0.05, 0.1) is 6.10 Å². The van der Waals surface area contributed by atoms with E-state index in [1.165, 1.54) is 22.3 Å². The minimum atomic E-state index is 0.205. The molecule has 1 rings (SSSR count). The van der Waals surface area contributed by atoms with E-state index >= 15 is 0 Å². The van der Waals surface area contributed by atoms with E-state index < -0.39 is 0 Å². The summed E-state index contributed by atoms with van der Waals surface area (Å²) >= 11 is 2.42. The number of benzene rings is 1. The summed E-state index contributed by atoms with van der Waals surface area (Å²) in [5, 5.41) is 0. The third-order valence-corrected chi connectivity index (χ3v) is 3.52. The topological polar surface area (TPSA) is 9.23 Å². The molecule has 0 fully saturated rings. The summed E-state index contributed by atoms with van der Waals surface area (Å²) < 4.78 is 6.73. The summed E-state index contributed by atoms with van der Waals surface area (Å²) in [6.07, 6.45) is 0.205. The molecule has 1 atom stereocenters. The predicted molar refractivity (Wildman–Crippen MR) is 73.7 cm³/mol. The molecular formula is C13H19IO. The predicted octanol–water partition coefficient (Wildman–Crippen LogP) is 4.34. The molecule has 1 nitrogen and oxygen atoms in total. The van der Waals surface area contributed by atoms with Crippen molar-refractivity contribution in [2.75, 3.05) is 6.61 Å². The van der Waals surface area contributed by atoms with Crippen LogP contribution < -0.4 is 0 Å².